The fraction of sp³-hybridized carbons (Fsp3) is 0.111. The number of alkyl halides is 1. The van der Waals surface area contributed by atoms with E-state index in [0.717, 1.165) is 5.56 Å². The summed E-state index contributed by atoms with van der Waals surface area (Å²) in [6, 6.07) is 4.97. The maximum atomic E-state index is 11.2. The molecule has 0 aliphatic rings. The highest BCUT2D eigenvalue weighted by Crippen LogP contribution is 2.10. The summed E-state index contributed by atoms with van der Waals surface area (Å²) < 4.78 is 4.38. The Balaban J connectivity index is 2.89. The molecule has 1 aromatic carbocycles. The molecular weight excluding hydrogens is 206 g/mol. The van der Waals surface area contributed by atoms with Crippen LogP contribution in [0, 0.1) is 0 Å². The van der Waals surface area contributed by atoms with Crippen molar-refractivity contribution in [1.29, 1.82) is 0 Å². The molecule has 0 saturated heterocycles. The Kier molecular flexibility index (Phi) is 2.13. The largest absolute Gasteiger partial charge is 0.419 e. The van der Waals surface area contributed by atoms with Gasteiger partial charge in [0.1, 0.15) is 0 Å². The third-order valence-corrected chi connectivity index (χ3v) is 2.19. The Morgan fingerprint density at radius 1 is 1.36 bits per heavy atom. The first-order valence-electron chi connectivity index (χ1n) is 3.93. The second-order valence-corrected chi connectivity index (χ2v) is 3.08. The van der Waals surface area contributed by atoms with E-state index >= 15 is 0 Å². The fourth-order valence-electron chi connectivity index (χ4n) is 1.23. The first-order valence-corrected chi connectivity index (χ1v) is 4.46. The number of benzene rings is 1. The summed E-state index contributed by atoms with van der Waals surface area (Å²) in [5.41, 5.74) is 0.620. The lowest BCUT2D eigenvalue weighted by atomic mass is 10.2. The van der Waals surface area contributed by atoms with Crippen LogP contribution in [0.5, 0.6) is 0 Å². The van der Waals surface area contributed by atoms with Crippen molar-refractivity contribution in [1.82, 2.24) is 4.98 Å². The quantitative estimate of drug-likeness (QED) is 0.722. The zero-order valence-corrected chi connectivity index (χ0v) is 7.80. The number of nitrogens with one attached hydrogen (secondary N) is 1. The predicted octanol–water partition coefficient (Wildman–Crippen LogP) is 1.22. The molecule has 0 aliphatic heterocycles. The molecule has 0 atom stereocenters. The van der Waals surface area contributed by atoms with Gasteiger partial charge in [-0.2, -0.15) is 0 Å². The summed E-state index contributed by atoms with van der Waals surface area (Å²) in [6.45, 7) is 0. The van der Waals surface area contributed by atoms with Gasteiger partial charge in [0.15, 0.2) is 0 Å². The smallest absolute Gasteiger partial charge is 0.372 e. The molecule has 2 aromatic rings. The van der Waals surface area contributed by atoms with E-state index in [-0.39, 0.29) is 0 Å². The average Bonchev–Trinajstić information content (AvgIpc) is 2.17. The Bertz CT molecular complexity index is 584. The molecule has 0 unspecified atom stereocenters. The van der Waals surface area contributed by atoms with E-state index in [1.165, 1.54) is 0 Å². The minimum atomic E-state index is -0.749. The standard InChI is InChI=1S/C9H6ClNO3/c10-4-5-1-2-7-6(3-5)8(12)14-9(13)11-7/h1-3H,4H2,(H,11,13). The number of hydrogen-bond donors (Lipinski definition) is 1. The molecule has 0 spiro atoms. The number of aromatic amines is 1. The van der Waals surface area contributed by atoms with Gasteiger partial charge in [0.2, 0.25) is 0 Å². The lowest BCUT2D eigenvalue weighted by Gasteiger charge is -1.97. The summed E-state index contributed by atoms with van der Waals surface area (Å²) in [7, 11) is 0. The van der Waals surface area contributed by atoms with Crippen LogP contribution >= 0.6 is 11.6 Å². The highest BCUT2D eigenvalue weighted by atomic mass is 35.5. The Labute approximate surface area is 83.1 Å². The number of aromatic nitrogens is 1. The topological polar surface area (TPSA) is 63.1 Å². The van der Waals surface area contributed by atoms with Gasteiger partial charge in [-0.25, -0.2) is 9.59 Å². The van der Waals surface area contributed by atoms with Crippen LogP contribution in [-0.4, -0.2) is 4.98 Å². The summed E-state index contributed by atoms with van der Waals surface area (Å²) in [5, 5.41) is 0.336. The van der Waals surface area contributed by atoms with Crippen LogP contribution in [0.25, 0.3) is 10.9 Å². The van der Waals surface area contributed by atoms with Crippen LogP contribution in [-0.2, 0) is 5.88 Å². The molecule has 2 rings (SSSR count). The van der Waals surface area contributed by atoms with Crippen molar-refractivity contribution in [2.45, 2.75) is 5.88 Å². The minimum absolute atomic E-state index is 0.314. The highest BCUT2D eigenvalue weighted by molar-refractivity contribution is 6.17. The van der Waals surface area contributed by atoms with E-state index in [4.69, 9.17) is 11.6 Å². The van der Waals surface area contributed by atoms with Crippen LogP contribution in [0.15, 0.2) is 32.2 Å². The van der Waals surface area contributed by atoms with Gasteiger partial charge in [0.25, 0.3) is 0 Å². The monoisotopic (exact) mass is 211 g/mol. The molecular formula is C9H6ClNO3. The molecule has 4 nitrogen and oxygen atoms in total. The Morgan fingerprint density at radius 3 is 2.86 bits per heavy atom. The SMILES string of the molecule is O=c1[nH]c2ccc(CCl)cc2c(=O)o1. The zero-order valence-electron chi connectivity index (χ0n) is 7.04. The maximum absolute atomic E-state index is 11.2. The van der Waals surface area contributed by atoms with Gasteiger partial charge in [0.05, 0.1) is 10.9 Å². The van der Waals surface area contributed by atoms with Crippen LogP contribution in [0.3, 0.4) is 0 Å². The molecule has 0 amide bonds. The Hall–Kier alpha value is -1.55. The molecule has 0 bridgehead atoms. The van der Waals surface area contributed by atoms with E-state index in [2.05, 4.69) is 9.40 Å². The number of halogens is 1. The second kappa shape index (κ2) is 3.31. The maximum Gasteiger partial charge on any atom is 0.419 e. The summed E-state index contributed by atoms with van der Waals surface area (Å²) in [4.78, 5) is 24.5. The number of H-pyrrole nitrogens is 1. The van der Waals surface area contributed by atoms with Gasteiger partial charge in [-0.3, -0.25) is 4.98 Å². The first kappa shape index (κ1) is 9.02. The summed E-state index contributed by atoms with van der Waals surface area (Å²) >= 11 is 5.61. The van der Waals surface area contributed by atoms with Gasteiger partial charge in [-0.15, -0.1) is 11.6 Å². The third kappa shape index (κ3) is 1.44. The van der Waals surface area contributed by atoms with Gasteiger partial charge in [0, 0.05) is 5.88 Å². The normalized spacial score (nSPS) is 10.6. The highest BCUT2D eigenvalue weighted by Gasteiger charge is 2.02. The molecule has 0 saturated carbocycles. The van der Waals surface area contributed by atoms with Crippen LogP contribution in [0.1, 0.15) is 5.56 Å². The van der Waals surface area contributed by atoms with Crippen molar-refractivity contribution in [3.05, 3.63) is 44.7 Å². The van der Waals surface area contributed by atoms with Gasteiger partial charge in [-0.1, -0.05) is 6.07 Å². The van der Waals surface area contributed by atoms with Crippen LogP contribution < -0.4 is 11.4 Å². The predicted molar refractivity (Wildman–Crippen MR) is 52.7 cm³/mol. The first-order chi connectivity index (χ1) is 6.70. The van der Waals surface area contributed by atoms with E-state index in [1.807, 2.05) is 0 Å². The third-order valence-electron chi connectivity index (χ3n) is 1.88. The molecule has 14 heavy (non-hydrogen) atoms. The van der Waals surface area contributed by atoms with Gasteiger partial charge >= 0.3 is 11.4 Å². The van der Waals surface area contributed by atoms with Crippen molar-refractivity contribution in [3.63, 3.8) is 0 Å². The van der Waals surface area contributed by atoms with Crippen molar-refractivity contribution in [3.8, 4) is 0 Å². The number of rotatable bonds is 1. The van der Waals surface area contributed by atoms with E-state index < -0.39 is 11.4 Å². The van der Waals surface area contributed by atoms with Gasteiger partial charge < -0.3 is 4.42 Å². The Morgan fingerprint density at radius 2 is 2.14 bits per heavy atom. The number of fused-ring (bicyclic) bond motifs is 1. The lowest BCUT2D eigenvalue weighted by molar-refractivity contribution is 0.460. The summed E-state index contributed by atoms with van der Waals surface area (Å²) in [6.07, 6.45) is 0. The molecule has 0 aliphatic carbocycles. The molecule has 1 heterocycles. The lowest BCUT2D eigenvalue weighted by Crippen LogP contribution is -2.14. The van der Waals surface area contributed by atoms with E-state index in [1.54, 1.807) is 18.2 Å². The number of hydrogen-bond acceptors (Lipinski definition) is 3. The average molecular weight is 212 g/mol. The fourth-order valence-corrected chi connectivity index (χ4v) is 1.39. The van der Waals surface area contributed by atoms with Crippen LogP contribution in [0.4, 0.5) is 0 Å². The van der Waals surface area contributed by atoms with Crippen molar-refractivity contribution < 1.29 is 4.42 Å². The molecule has 1 aromatic heterocycles. The second-order valence-electron chi connectivity index (χ2n) is 2.82. The van der Waals surface area contributed by atoms with Crippen LogP contribution in [0.2, 0.25) is 0 Å². The molecule has 72 valence electrons. The minimum Gasteiger partial charge on any atom is -0.372 e. The van der Waals surface area contributed by atoms with Crippen molar-refractivity contribution >= 4 is 22.5 Å². The van der Waals surface area contributed by atoms with Crippen molar-refractivity contribution in [2.24, 2.45) is 0 Å². The van der Waals surface area contributed by atoms with E-state index in [0.29, 0.717) is 16.8 Å². The summed E-state index contributed by atoms with van der Waals surface area (Å²) in [5.74, 6) is -0.435. The van der Waals surface area contributed by atoms with E-state index in [9.17, 15) is 9.59 Å². The zero-order chi connectivity index (χ0) is 10.1. The molecule has 1 N–H and O–H groups in total. The molecule has 0 radical (unpaired) electrons. The molecule has 0 fully saturated rings. The molecule has 5 heteroatoms. The van der Waals surface area contributed by atoms with Gasteiger partial charge in [-0.05, 0) is 17.7 Å². The van der Waals surface area contributed by atoms with Crippen molar-refractivity contribution in [2.75, 3.05) is 0 Å².